The van der Waals surface area contributed by atoms with E-state index in [1.54, 1.807) is 0 Å². The first-order valence-electron chi connectivity index (χ1n) is 4.83. The van der Waals surface area contributed by atoms with Gasteiger partial charge in [-0.3, -0.25) is 9.59 Å². The number of ketones is 1. The lowest BCUT2D eigenvalue weighted by Crippen LogP contribution is -2.13. The van der Waals surface area contributed by atoms with Gasteiger partial charge in [-0.1, -0.05) is 0 Å². The largest absolute Gasteiger partial charge is 0.434 e. The van der Waals surface area contributed by atoms with Crippen LogP contribution in [0.1, 0.15) is 33.2 Å². The van der Waals surface area contributed by atoms with E-state index in [0.717, 1.165) is 6.92 Å². The van der Waals surface area contributed by atoms with Crippen LogP contribution in [0.4, 0.5) is 22.0 Å². The molecule has 0 aliphatic carbocycles. The van der Waals surface area contributed by atoms with Gasteiger partial charge in [-0.25, -0.2) is 0 Å². The lowest BCUT2D eigenvalue weighted by atomic mass is 10.0. The summed E-state index contributed by atoms with van der Waals surface area (Å²) in [5.41, 5.74) is -2.93. The average molecular weight is 282 g/mol. The van der Waals surface area contributed by atoms with Gasteiger partial charge in [0.25, 0.3) is 0 Å². The number of carbonyl (C=O) groups excluding carboxylic acids is 2. The molecular formula is C11H7F5O3. The van der Waals surface area contributed by atoms with Crippen LogP contribution >= 0.6 is 0 Å². The first kappa shape index (κ1) is 15.1. The second-order valence-corrected chi connectivity index (χ2v) is 3.49. The third-order valence-electron chi connectivity index (χ3n) is 2.18. The highest BCUT2D eigenvalue weighted by Crippen LogP contribution is 2.35. The van der Waals surface area contributed by atoms with E-state index in [-0.39, 0.29) is 6.29 Å². The average Bonchev–Trinajstić information content (AvgIpc) is 2.25. The highest BCUT2D eigenvalue weighted by Gasteiger charge is 2.35. The van der Waals surface area contributed by atoms with Crippen molar-refractivity contribution in [2.45, 2.75) is 19.7 Å². The highest BCUT2D eigenvalue weighted by atomic mass is 19.4. The van der Waals surface area contributed by atoms with Crippen LogP contribution in [0.5, 0.6) is 5.75 Å². The van der Waals surface area contributed by atoms with Crippen molar-refractivity contribution in [1.82, 2.24) is 0 Å². The Kier molecular flexibility index (Phi) is 4.23. The molecule has 0 aliphatic rings. The molecule has 104 valence electrons. The molecular weight excluding hydrogens is 275 g/mol. The number of carbonyl (C=O) groups is 2. The zero-order valence-electron chi connectivity index (χ0n) is 9.42. The molecule has 1 rings (SSSR count). The summed E-state index contributed by atoms with van der Waals surface area (Å²) in [4.78, 5) is 21.7. The second kappa shape index (κ2) is 5.33. The van der Waals surface area contributed by atoms with Crippen molar-refractivity contribution in [1.29, 1.82) is 0 Å². The molecule has 0 spiro atoms. The van der Waals surface area contributed by atoms with Crippen molar-refractivity contribution < 1.29 is 36.3 Å². The van der Waals surface area contributed by atoms with Crippen molar-refractivity contribution in [2.75, 3.05) is 0 Å². The van der Waals surface area contributed by atoms with Crippen LogP contribution in [0.3, 0.4) is 0 Å². The van der Waals surface area contributed by atoms with E-state index >= 15 is 0 Å². The highest BCUT2D eigenvalue weighted by molar-refractivity contribution is 5.98. The standard InChI is InChI=1S/C11H7F5O3/c1-5(18)7-3-8(11(14,15)16)6(4-17)2-9(7)19-10(12)13/h2-4,10H,1H3. The van der Waals surface area contributed by atoms with Crippen molar-refractivity contribution in [3.05, 3.63) is 28.8 Å². The third kappa shape index (κ3) is 3.49. The fraction of sp³-hybridized carbons (Fsp3) is 0.273. The Balaban J connectivity index is 3.51. The molecule has 0 aromatic heterocycles. The van der Waals surface area contributed by atoms with Crippen LogP contribution in [-0.4, -0.2) is 18.7 Å². The summed E-state index contributed by atoms with van der Waals surface area (Å²) < 4.78 is 66.0. The van der Waals surface area contributed by atoms with Crippen molar-refractivity contribution in [2.24, 2.45) is 0 Å². The molecule has 0 saturated heterocycles. The van der Waals surface area contributed by atoms with Crippen LogP contribution in [0.25, 0.3) is 0 Å². The maximum Gasteiger partial charge on any atom is 0.417 e. The van der Waals surface area contributed by atoms with Gasteiger partial charge in [0.1, 0.15) is 5.75 Å². The zero-order valence-corrected chi connectivity index (χ0v) is 9.42. The fourth-order valence-electron chi connectivity index (χ4n) is 1.41. The number of ether oxygens (including phenoxy) is 1. The molecule has 19 heavy (non-hydrogen) atoms. The first-order chi connectivity index (χ1) is 8.66. The van der Waals surface area contributed by atoms with Gasteiger partial charge in [0.05, 0.1) is 11.1 Å². The van der Waals surface area contributed by atoms with E-state index in [4.69, 9.17) is 0 Å². The van der Waals surface area contributed by atoms with Gasteiger partial charge in [0, 0.05) is 5.56 Å². The van der Waals surface area contributed by atoms with E-state index in [0.29, 0.717) is 12.1 Å². The number of aldehydes is 1. The van der Waals surface area contributed by atoms with Crippen molar-refractivity contribution in [3.63, 3.8) is 0 Å². The number of benzene rings is 1. The summed E-state index contributed by atoms with van der Waals surface area (Å²) in [6.45, 7) is -2.43. The molecule has 8 heteroatoms. The summed E-state index contributed by atoms with van der Waals surface area (Å²) >= 11 is 0. The lowest BCUT2D eigenvalue weighted by molar-refractivity contribution is -0.137. The Bertz CT molecular complexity index is 508. The molecule has 3 nitrogen and oxygen atoms in total. The fourth-order valence-corrected chi connectivity index (χ4v) is 1.41. The first-order valence-corrected chi connectivity index (χ1v) is 4.83. The quantitative estimate of drug-likeness (QED) is 0.483. The molecule has 0 N–H and O–H groups in total. The van der Waals surface area contributed by atoms with Crippen LogP contribution in [-0.2, 0) is 6.18 Å². The van der Waals surface area contributed by atoms with E-state index in [1.807, 2.05) is 0 Å². The molecule has 0 amide bonds. The summed E-state index contributed by atoms with van der Waals surface area (Å²) in [6, 6.07) is 0.794. The number of halogens is 5. The number of hydrogen-bond donors (Lipinski definition) is 0. The Morgan fingerprint density at radius 3 is 2.26 bits per heavy atom. The molecule has 0 fully saturated rings. The van der Waals surface area contributed by atoms with Crippen LogP contribution in [0, 0.1) is 0 Å². The van der Waals surface area contributed by atoms with E-state index in [1.165, 1.54) is 0 Å². The summed E-state index contributed by atoms with van der Waals surface area (Å²) in [5, 5.41) is 0. The normalized spacial score (nSPS) is 11.5. The Morgan fingerprint density at radius 2 is 1.89 bits per heavy atom. The van der Waals surface area contributed by atoms with E-state index in [2.05, 4.69) is 4.74 Å². The minimum Gasteiger partial charge on any atom is -0.434 e. The number of rotatable bonds is 4. The summed E-state index contributed by atoms with van der Waals surface area (Å²) in [6.07, 6.45) is -5.03. The minimum absolute atomic E-state index is 0.148. The van der Waals surface area contributed by atoms with Crippen molar-refractivity contribution >= 4 is 12.1 Å². The van der Waals surface area contributed by atoms with Gasteiger partial charge in [-0.2, -0.15) is 22.0 Å². The van der Waals surface area contributed by atoms with Gasteiger partial charge >= 0.3 is 12.8 Å². The van der Waals surface area contributed by atoms with Gasteiger partial charge < -0.3 is 4.74 Å². The Morgan fingerprint density at radius 1 is 1.32 bits per heavy atom. The van der Waals surface area contributed by atoms with Gasteiger partial charge in [-0.15, -0.1) is 0 Å². The van der Waals surface area contributed by atoms with Crippen LogP contribution in [0.15, 0.2) is 12.1 Å². The molecule has 0 aliphatic heterocycles. The van der Waals surface area contributed by atoms with Crippen molar-refractivity contribution in [3.8, 4) is 5.75 Å². The maximum absolute atomic E-state index is 12.6. The van der Waals surface area contributed by atoms with Gasteiger partial charge in [0.15, 0.2) is 12.1 Å². The predicted octanol–water partition coefficient (Wildman–Crippen LogP) is 3.32. The van der Waals surface area contributed by atoms with Crippen LogP contribution in [0.2, 0.25) is 0 Å². The number of Topliss-reactive ketones (excluding diaryl/α,β-unsaturated/α-hetero) is 1. The Hall–Kier alpha value is -1.99. The minimum atomic E-state index is -4.89. The number of hydrogen-bond acceptors (Lipinski definition) is 3. The van der Waals surface area contributed by atoms with Gasteiger partial charge in [-0.05, 0) is 19.1 Å². The molecule has 0 heterocycles. The predicted molar refractivity (Wildman–Crippen MR) is 53.5 cm³/mol. The van der Waals surface area contributed by atoms with E-state index in [9.17, 15) is 31.5 Å². The summed E-state index contributed by atoms with van der Waals surface area (Å²) in [5.74, 6) is -1.66. The molecule has 1 aromatic rings. The zero-order chi connectivity index (χ0) is 14.8. The molecule has 1 aromatic carbocycles. The Labute approximate surface area is 104 Å². The maximum atomic E-state index is 12.6. The molecule has 0 atom stereocenters. The SMILES string of the molecule is CC(=O)c1cc(C(F)(F)F)c(C=O)cc1OC(F)F. The topological polar surface area (TPSA) is 43.4 Å². The smallest absolute Gasteiger partial charge is 0.417 e. The lowest BCUT2D eigenvalue weighted by Gasteiger charge is -2.14. The third-order valence-corrected chi connectivity index (χ3v) is 2.18. The molecule has 0 radical (unpaired) electrons. The van der Waals surface area contributed by atoms with Crippen LogP contribution < -0.4 is 4.74 Å². The molecule has 0 saturated carbocycles. The summed E-state index contributed by atoms with van der Waals surface area (Å²) in [7, 11) is 0. The second-order valence-electron chi connectivity index (χ2n) is 3.49. The van der Waals surface area contributed by atoms with Gasteiger partial charge in [0.2, 0.25) is 0 Å². The number of alkyl halides is 5. The van der Waals surface area contributed by atoms with E-state index < -0.39 is 41.0 Å². The monoisotopic (exact) mass is 282 g/mol. The molecule has 0 bridgehead atoms. The molecule has 0 unspecified atom stereocenters.